The number of carbonyl (C=O) groups is 2. The van der Waals surface area contributed by atoms with E-state index in [1.165, 1.54) is 38.4 Å². The minimum atomic E-state index is -0.988. The maximum Gasteiger partial charge on any atom is 0.335 e. The maximum absolute atomic E-state index is 12.7. The zero-order chi connectivity index (χ0) is 19.3. The van der Waals surface area contributed by atoms with Crippen molar-refractivity contribution >= 4 is 11.9 Å². The fraction of sp³-hybridized carbons (Fsp3) is 0.263. The molecule has 0 atom stereocenters. The molecule has 0 saturated carbocycles. The van der Waals surface area contributed by atoms with E-state index in [2.05, 4.69) is 0 Å². The number of carboxylic acids is 1. The minimum absolute atomic E-state index is 0.201. The Hall–Kier alpha value is -3.22. The number of hydrogen-bond donors (Lipinski definition) is 1. The van der Waals surface area contributed by atoms with E-state index in [9.17, 15) is 9.59 Å². The fourth-order valence-corrected chi connectivity index (χ4v) is 2.52. The molecule has 0 heterocycles. The molecule has 0 radical (unpaired) electrons. The van der Waals surface area contributed by atoms with Crippen LogP contribution in [0.1, 0.15) is 26.3 Å². The van der Waals surface area contributed by atoms with E-state index >= 15 is 0 Å². The van der Waals surface area contributed by atoms with Crippen molar-refractivity contribution < 1.29 is 28.9 Å². The number of ether oxygens (including phenoxy) is 3. The van der Waals surface area contributed by atoms with Gasteiger partial charge in [0.25, 0.3) is 5.91 Å². The molecule has 0 aliphatic rings. The summed E-state index contributed by atoms with van der Waals surface area (Å²) < 4.78 is 15.8. The molecular weight excluding hydrogens is 338 g/mol. The number of benzene rings is 2. The molecule has 7 nitrogen and oxygen atoms in total. The van der Waals surface area contributed by atoms with Gasteiger partial charge in [-0.2, -0.15) is 0 Å². The summed E-state index contributed by atoms with van der Waals surface area (Å²) in [5, 5.41) is 8.94. The minimum Gasteiger partial charge on any atom is -0.493 e. The molecule has 0 fully saturated rings. The summed E-state index contributed by atoms with van der Waals surface area (Å²) in [6, 6.07) is 9.57. The Morgan fingerprint density at radius 3 is 1.88 bits per heavy atom. The van der Waals surface area contributed by atoms with Gasteiger partial charge in [-0.05, 0) is 29.8 Å². The lowest BCUT2D eigenvalue weighted by Crippen LogP contribution is -2.26. The third kappa shape index (κ3) is 4.05. The molecule has 1 amide bonds. The van der Waals surface area contributed by atoms with Crippen LogP contribution in [-0.2, 0) is 6.54 Å². The van der Waals surface area contributed by atoms with Crippen molar-refractivity contribution in [3.05, 3.63) is 53.1 Å². The molecule has 2 aromatic carbocycles. The average Bonchev–Trinajstić information content (AvgIpc) is 2.66. The van der Waals surface area contributed by atoms with Crippen LogP contribution in [0.3, 0.4) is 0 Å². The number of carboxylic acid groups (broad SMARTS) is 1. The standard InChI is InChI=1S/C19H21NO6/c1-20(11-12-5-7-13(8-6-12)19(22)23)18(21)14-9-15(24-2)17(26-4)16(10-14)25-3/h5-10H,11H2,1-4H3,(H,22,23). The quantitative estimate of drug-likeness (QED) is 0.818. The second-order valence-electron chi connectivity index (χ2n) is 5.58. The van der Waals surface area contributed by atoms with Crippen molar-refractivity contribution in [2.75, 3.05) is 28.4 Å². The van der Waals surface area contributed by atoms with Crippen molar-refractivity contribution in [3.8, 4) is 17.2 Å². The molecule has 2 rings (SSSR count). The lowest BCUT2D eigenvalue weighted by Gasteiger charge is -2.19. The summed E-state index contributed by atoms with van der Waals surface area (Å²) in [4.78, 5) is 25.2. The van der Waals surface area contributed by atoms with Gasteiger partial charge in [0.15, 0.2) is 11.5 Å². The van der Waals surface area contributed by atoms with Crippen molar-refractivity contribution in [1.29, 1.82) is 0 Å². The van der Waals surface area contributed by atoms with Crippen molar-refractivity contribution in [2.24, 2.45) is 0 Å². The number of carbonyl (C=O) groups excluding carboxylic acids is 1. The number of rotatable bonds is 7. The van der Waals surface area contributed by atoms with Crippen molar-refractivity contribution in [1.82, 2.24) is 4.90 Å². The topological polar surface area (TPSA) is 85.3 Å². The molecule has 0 saturated heterocycles. The van der Waals surface area contributed by atoms with Crippen LogP contribution in [0.4, 0.5) is 0 Å². The molecule has 2 aromatic rings. The van der Waals surface area contributed by atoms with Crippen LogP contribution in [0.5, 0.6) is 17.2 Å². The molecule has 1 N–H and O–H groups in total. The fourth-order valence-electron chi connectivity index (χ4n) is 2.52. The van der Waals surface area contributed by atoms with E-state index in [4.69, 9.17) is 19.3 Å². The smallest absolute Gasteiger partial charge is 0.335 e. The van der Waals surface area contributed by atoms with Gasteiger partial charge in [-0.3, -0.25) is 4.79 Å². The summed E-state index contributed by atoms with van der Waals surface area (Å²) in [6.07, 6.45) is 0. The first-order chi connectivity index (χ1) is 12.4. The third-order valence-electron chi connectivity index (χ3n) is 3.88. The van der Waals surface area contributed by atoms with Crippen molar-refractivity contribution in [2.45, 2.75) is 6.54 Å². The van der Waals surface area contributed by atoms with Gasteiger partial charge < -0.3 is 24.2 Å². The molecule has 0 aliphatic heterocycles. The maximum atomic E-state index is 12.7. The van der Waals surface area contributed by atoms with Gasteiger partial charge in [-0.25, -0.2) is 4.79 Å². The highest BCUT2D eigenvalue weighted by atomic mass is 16.5. The van der Waals surface area contributed by atoms with Crippen LogP contribution in [-0.4, -0.2) is 50.3 Å². The summed E-state index contributed by atoms with van der Waals surface area (Å²) in [7, 11) is 6.13. The van der Waals surface area contributed by atoms with Crippen LogP contribution in [0.2, 0.25) is 0 Å². The molecule has 0 bridgehead atoms. The zero-order valence-electron chi connectivity index (χ0n) is 15.1. The first-order valence-corrected chi connectivity index (χ1v) is 7.79. The first-order valence-electron chi connectivity index (χ1n) is 7.79. The zero-order valence-corrected chi connectivity index (χ0v) is 15.1. The molecular formula is C19H21NO6. The molecule has 0 aliphatic carbocycles. The average molecular weight is 359 g/mol. The SMILES string of the molecule is COc1cc(C(=O)N(C)Cc2ccc(C(=O)O)cc2)cc(OC)c1OC. The predicted molar refractivity (Wildman–Crippen MR) is 95.3 cm³/mol. The monoisotopic (exact) mass is 359 g/mol. The van der Waals surface area contributed by atoms with E-state index in [0.29, 0.717) is 29.4 Å². The molecule has 138 valence electrons. The largest absolute Gasteiger partial charge is 0.493 e. The van der Waals surface area contributed by atoms with E-state index in [-0.39, 0.29) is 11.5 Å². The van der Waals surface area contributed by atoms with Gasteiger partial charge in [-0.1, -0.05) is 12.1 Å². The second-order valence-corrected chi connectivity index (χ2v) is 5.58. The number of methoxy groups -OCH3 is 3. The Morgan fingerprint density at radius 1 is 0.923 bits per heavy atom. The Morgan fingerprint density at radius 2 is 1.46 bits per heavy atom. The summed E-state index contributed by atoms with van der Waals surface area (Å²) in [6.45, 7) is 0.329. The van der Waals surface area contributed by atoms with Gasteiger partial charge in [0.05, 0.1) is 26.9 Å². The summed E-state index contributed by atoms with van der Waals surface area (Å²) in [5.41, 5.74) is 1.41. The summed E-state index contributed by atoms with van der Waals surface area (Å²) in [5.74, 6) is -0.00717. The Balaban J connectivity index is 2.23. The molecule has 7 heteroatoms. The predicted octanol–water partition coefficient (Wildman–Crippen LogP) is 2.68. The molecule has 0 spiro atoms. The van der Waals surface area contributed by atoms with E-state index in [1.54, 1.807) is 31.3 Å². The van der Waals surface area contributed by atoms with Crippen LogP contribution >= 0.6 is 0 Å². The normalized spacial score (nSPS) is 10.2. The van der Waals surface area contributed by atoms with Gasteiger partial charge in [0, 0.05) is 19.2 Å². The van der Waals surface area contributed by atoms with Gasteiger partial charge in [0.2, 0.25) is 5.75 Å². The van der Waals surface area contributed by atoms with E-state index in [0.717, 1.165) is 5.56 Å². The molecule has 0 unspecified atom stereocenters. The molecule has 26 heavy (non-hydrogen) atoms. The van der Waals surface area contributed by atoms with Crippen LogP contribution in [0.25, 0.3) is 0 Å². The highest BCUT2D eigenvalue weighted by molar-refractivity contribution is 5.95. The van der Waals surface area contributed by atoms with Gasteiger partial charge in [0.1, 0.15) is 0 Å². The lowest BCUT2D eigenvalue weighted by molar-refractivity contribution is 0.0695. The van der Waals surface area contributed by atoms with Gasteiger partial charge in [-0.15, -0.1) is 0 Å². The Kier molecular flexibility index (Phi) is 6.06. The number of amides is 1. The van der Waals surface area contributed by atoms with Crippen molar-refractivity contribution in [3.63, 3.8) is 0 Å². The Bertz CT molecular complexity index is 775. The van der Waals surface area contributed by atoms with Crippen LogP contribution < -0.4 is 14.2 Å². The highest BCUT2D eigenvalue weighted by Gasteiger charge is 2.19. The number of hydrogen-bond acceptors (Lipinski definition) is 5. The van der Waals surface area contributed by atoms with E-state index in [1.807, 2.05) is 0 Å². The van der Waals surface area contributed by atoms with E-state index < -0.39 is 5.97 Å². The van der Waals surface area contributed by atoms with Crippen LogP contribution in [0, 0.1) is 0 Å². The molecule has 0 aromatic heterocycles. The highest BCUT2D eigenvalue weighted by Crippen LogP contribution is 2.38. The lowest BCUT2D eigenvalue weighted by atomic mass is 10.1. The Labute approximate surface area is 151 Å². The van der Waals surface area contributed by atoms with Crippen LogP contribution in [0.15, 0.2) is 36.4 Å². The number of aromatic carboxylic acids is 1. The number of nitrogens with zero attached hydrogens (tertiary/aromatic N) is 1. The van der Waals surface area contributed by atoms with Gasteiger partial charge >= 0.3 is 5.97 Å². The third-order valence-corrected chi connectivity index (χ3v) is 3.88. The first kappa shape index (κ1) is 19.1. The summed E-state index contributed by atoms with van der Waals surface area (Å²) >= 11 is 0. The second kappa shape index (κ2) is 8.24.